The van der Waals surface area contributed by atoms with Gasteiger partial charge in [-0.05, 0) is 28.1 Å². The van der Waals surface area contributed by atoms with Crippen molar-refractivity contribution in [2.24, 2.45) is 5.73 Å². The molecule has 5 N–H and O–H groups in total. The van der Waals surface area contributed by atoms with Crippen LogP contribution in [-0.2, 0) is 5.75 Å². The summed E-state index contributed by atoms with van der Waals surface area (Å²) in [5.41, 5.74) is 7.50. The molecule has 1 aromatic carbocycles. The van der Waals surface area contributed by atoms with Gasteiger partial charge in [-0.3, -0.25) is 23.7 Å². The van der Waals surface area contributed by atoms with Crippen molar-refractivity contribution in [3.8, 4) is 0 Å². The van der Waals surface area contributed by atoms with E-state index in [0.29, 0.717) is 27.1 Å². The number of nitrogens with one attached hydrogen (secondary N) is 1. The number of rotatable bonds is 2. The van der Waals surface area contributed by atoms with Crippen LogP contribution < -0.4 is 15.4 Å². The number of benzene rings is 1. The molecule has 1 aromatic heterocycles. The second kappa shape index (κ2) is 5.43. The van der Waals surface area contributed by atoms with Crippen LogP contribution in [0, 0.1) is 0 Å². The van der Waals surface area contributed by atoms with Gasteiger partial charge in [0.2, 0.25) is 0 Å². The standard InChI is InChI=1S/C13H13BrN4O3S/c14-9-3-1-2-4-10(9)18(13(15)19)11-6-16-5-8-7-22(20,21)17-12(8)11/h1-6,17,20-21H,7H2,(H2,15,19). The summed E-state index contributed by atoms with van der Waals surface area (Å²) in [6, 6.07) is 6.39. The molecule has 3 rings (SSSR count). The van der Waals surface area contributed by atoms with Gasteiger partial charge in [-0.15, -0.1) is 10.8 Å². The fraction of sp³-hybridized carbons (Fsp3) is 0.0769. The summed E-state index contributed by atoms with van der Waals surface area (Å²) in [5, 5.41) is 0. The van der Waals surface area contributed by atoms with Crippen LogP contribution in [0.5, 0.6) is 0 Å². The average molecular weight is 385 g/mol. The lowest BCUT2D eigenvalue weighted by Crippen LogP contribution is -2.32. The van der Waals surface area contributed by atoms with Crippen LogP contribution in [-0.4, -0.2) is 20.1 Å². The third kappa shape index (κ3) is 2.63. The van der Waals surface area contributed by atoms with Crippen molar-refractivity contribution in [2.45, 2.75) is 5.75 Å². The van der Waals surface area contributed by atoms with Gasteiger partial charge in [0.05, 0.1) is 29.0 Å². The van der Waals surface area contributed by atoms with Crippen LogP contribution in [0.2, 0.25) is 0 Å². The summed E-state index contributed by atoms with van der Waals surface area (Å²) in [7, 11) is -2.96. The highest BCUT2D eigenvalue weighted by atomic mass is 79.9. The first kappa shape index (κ1) is 15.1. The van der Waals surface area contributed by atoms with Gasteiger partial charge in [-0.25, -0.2) is 4.79 Å². The fourth-order valence-electron chi connectivity index (χ4n) is 2.30. The molecule has 0 bridgehead atoms. The van der Waals surface area contributed by atoms with Crippen molar-refractivity contribution >= 4 is 49.8 Å². The van der Waals surface area contributed by atoms with Crippen molar-refractivity contribution < 1.29 is 13.9 Å². The predicted molar refractivity (Wildman–Crippen MR) is 90.3 cm³/mol. The van der Waals surface area contributed by atoms with Crippen LogP contribution in [0.15, 0.2) is 41.1 Å². The molecular formula is C13H13BrN4O3S. The van der Waals surface area contributed by atoms with Crippen molar-refractivity contribution in [3.63, 3.8) is 0 Å². The number of carbonyl (C=O) groups is 1. The van der Waals surface area contributed by atoms with E-state index in [-0.39, 0.29) is 5.75 Å². The van der Waals surface area contributed by atoms with Crippen LogP contribution in [0.3, 0.4) is 0 Å². The topological polar surface area (TPSA) is 112 Å². The second-order valence-corrected chi connectivity index (χ2v) is 7.41. The van der Waals surface area contributed by atoms with Gasteiger partial charge < -0.3 is 5.73 Å². The normalized spacial score (nSPS) is 16.5. The molecule has 22 heavy (non-hydrogen) atoms. The molecule has 2 aromatic rings. The lowest BCUT2D eigenvalue weighted by atomic mass is 10.2. The third-order valence-corrected chi connectivity index (χ3v) is 5.10. The monoisotopic (exact) mass is 384 g/mol. The number of fused-ring (bicyclic) bond motifs is 1. The molecule has 7 nitrogen and oxygen atoms in total. The second-order valence-electron chi connectivity index (χ2n) is 4.73. The van der Waals surface area contributed by atoms with E-state index >= 15 is 0 Å². The number of carbonyl (C=O) groups excluding carboxylic acids is 1. The first-order valence-electron chi connectivity index (χ1n) is 6.24. The van der Waals surface area contributed by atoms with E-state index in [1.807, 2.05) is 6.07 Å². The molecule has 0 radical (unpaired) electrons. The number of nitrogens with two attached hydrogens (primary N) is 1. The van der Waals surface area contributed by atoms with Gasteiger partial charge in [-0.1, -0.05) is 12.1 Å². The summed E-state index contributed by atoms with van der Waals surface area (Å²) in [6.45, 7) is 0. The molecule has 2 heterocycles. The lowest BCUT2D eigenvalue weighted by Gasteiger charge is -2.28. The Morgan fingerprint density at radius 2 is 2.05 bits per heavy atom. The fourth-order valence-corrected chi connectivity index (χ4v) is 4.05. The molecule has 1 aliphatic heterocycles. The zero-order valence-corrected chi connectivity index (χ0v) is 13.6. The van der Waals surface area contributed by atoms with E-state index in [1.165, 1.54) is 17.3 Å². The lowest BCUT2D eigenvalue weighted by molar-refractivity contribution is 0.256. The molecule has 0 aliphatic carbocycles. The minimum absolute atomic E-state index is 0.0474. The Kier molecular flexibility index (Phi) is 3.73. The first-order valence-corrected chi connectivity index (χ1v) is 8.74. The Labute approximate surface area is 136 Å². The maximum absolute atomic E-state index is 12.0. The van der Waals surface area contributed by atoms with Gasteiger partial charge in [0.25, 0.3) is 0 Å². The van der Waals surface area contributed by atoms with Gasteiger partial charge in [0, 0.05) is 16.2 Å². The number of halogens is 1. The van der Waals surface area contributed by atoms with E-state index in [4.69, 9.17) is 5.73 Å². The SMILES string of the molecule is NC(=O)N(c1ccccc1Br)c1cncc2c1NS(O)(O)C2. The molecule has 0 fully saturated rings. The number of nitrogens with zero attached hydrogens (tertiary/aromatic N) is 2. The highest BCUT2D eigenvalue weighted by Crippen LogP contribution is 2.54. The predicted octanol–water partition coefficient (Wildman–Crippen LogP) is 3.65. The molecule has 2 amide bonds. The Morgan fingerprint density at radius 3 is 2.73 bits per heavy atom. The van der Waals surface area contributed by atoms with Crippen molar-refractivity contribution in [3.05, 3.63) is 46.7 Å². The number of anilines is 3. The molecule has 0 spiro atoms. The summed E-state index contributed by atoms with van der Waals surface area (Å²) >= 11 is 3.38. The Bertz CT molecular complexity index is 756. The molecule has 1 aliphatic rings. The number of urea groups is 1. The molecule has 0 atom stereocenters. The van der Waals surface area contributed by atoms with Crippen LogP contribution in [0.25, 0.3) is 0 Å². The quantitative estimate of drug-likeness (QED) is 0.631. The van der Waals surface area contributed by atoms with E-state index in [1.54, 1.807) is 18.2 Å². The van der Waals surface area contributed by atoms with E-state index < -0.39 is 16.8 Å². The minimum Gasteiger partial charge on any atom is -0.351 e. The summed E-state index contributed by atoms with van der Waals surface area (Å²) in [5.74, 6) is 0.0474. The number of para-hydroxylation sites is 1. The molecule has 0 saturated carbocycles. The van der Waals surface area contributed by atoms with Crippen molar-refractivity contribution in [1.29, 1.82) is 0 Å². The van der Waals surface area contributed by atoms with E-state index in [9.17, 15) is 13.9 Å². The van der Waals surface area contributed by atoms with Crippen LogP contribution in [0.4, 0.5) is 21.9 Å². The van der Waals surface area contributed by atoms with E-state index in [2.05, 4.69) is 25.6 Å². The zero-order valence-electron chi connectivity index (χ0n) is 11.2. The van der Waals surface area contributed by atoms with Gasteiger partial charge in [0.1, 0.15) is 0 Å². The molecular weight excluding hydrogens is 372 g/mol. The highest BCUT2D eigenvalue weighted by molar-refractivity contribution is 9.10. The first-order chi connectivity index (χ1) is 10.4. The Morgan fingerprint density at radius 1 is 1.32 bits per heavy atom. The van der Waals surface area contributed by atoms with Gasteiger partial charge in [0.15, 0.2) is 0 Å². The maximum Gasteiger partial charge on any atom is 0.324 e. The molecule has 9 heteroatoms. The summed E-state index contributed by atoms with van der Waals surface area (Å²) < 4.78 is 23.0. The zero-order chi connectivity index (χ0) is 15.9. The number of primary amides is 1. The number of amides is 2. The molecule has 0 saturated heterocycles. The average Bonchev–Trinajstić information content (AvgIpc) is 2.75. The number of hydrogen-bond acceptors (Lipinski definition) is 5. The summed E-state index contributed by atoms with van der Waals surface area (Å²) in [6.07, 6.45) is 2.99. The van der Waals surface area contributed by atoms with Gasteiger partial charge >= 0.3 is 6.03 Å². The van der Waals surface area contributed by atoms with E-state index in [0.717, 1.165) is 0 Å². The number of aromatic nitrogens is 1. The van der Waals surface area contributed by atoms with Gasteiger partial charge in [-0.2, -0.15) is 0 Å². The van der Waals surface area contributed by atoms with Crippen molar-refractivity contribution in [1.82, 2.24) is 4.98 Å². The summed E-state index contributed by atoms with van der Waals surface area (Å²) in [4.78, 5) is 17.3. The maximum atomic E-state index is 12.0. The van der Waals surface area contributed by atoms with Crippen LogP contribution in [0.1, 0.15) is 5.56 Å². The smallest absolute Gasteiger partial charge is 0.324 e. The highest BCUT2D eigenvalue weighted by Gasteiger charge is 2.31. The molecule has 116 valence electrons. The number of hydrogen-bond donors (Lipinski definition) is 4. The Balaban J connectivity index is 2.15. The Hall–Kier alpha value is -1.81. The van der Waals surface area contributed by atoms with Crippen LogP contribution >= 0.6 is 26.7 Å². The third-order valence-electron chi connectivity index (χ3n) is 3.18. The molecule has 0 unspecified atom stereocenters. The van der Waals surface area contributed by atoms with Crippen molar-refractivity contribution in [2.75, 3.05) is 9.62 Å². The number of pyridine rings is 1. The largest absolute Gasteiger partial charge is 0.351 e. The minimum atomic E-state index is -2.96.